The van der Waals surface area contributed by atoms with E-state index in [1.54, 1.807) is 36.4 Å². The molecule has 3 aromatic rings. The Morgan fingerprint density at radius 2 is 1.38 bits per heavy atom. The topological polar surface area (TPSA) is 9.23 Å². The minimum Gasteiger partial charge on any atom is -0.490 e. The van der Waals surface area contributed by atoms with Gasteiger partial charge in [-0.15, -0.1) is 0 Å². The molecular weight excluding hydrogens is 493 g/mol. The summed E-state index contributed by atoms with van der Waals surface area (Å²) in [6.45, 7) is 4.61. The molecule has 0 bridgehead atoms. The van der Waals surface area contributed by atoms with Crippen molar-refractivity contribution in [1.29, 1.82) is 0 Å². The molecule has 0 spiro atoms. The molecule has 4 rings (SSSR count). The summed E-state index contributed by atoms with van der Waals surface area (Å²) < 4.78 is 50.3. The molecule has 39 heavy (non-hydrogen) atoms. The Morgan fingerprint density at radius 3 is 2.05 bits per heavy atom. The molecule has 0 atom stereocenters. The van der Waals surface area contributed by atoms with E-state index in [0.29, 0.717) is 35.1 Å². The van der Waals surface area contributed by atoms with Crippen LogP contribution >= 0.6 is 0 Å². The Bertz CT molecular complexity index is 1220. The van der Waals surface area contributed by atoms with E-state index in [1.807, 2.05) is 12.1 Å². The average Bonchev–Trinajstić information content (AvgIpc) is 2.95. The zero-order chi connectivity index (χ0) is 27.6. The molecule has 0 aromatic heterocycles. The molecule has 0 saturated heterocycles. The molecule has 0 unspecified atom stereocenters. The summed E-state index contributed by atoms with van der Waals surface area (Å²) in [5.41, 5.74) is 2.98. The van der Waals surface area contributed by atoms with Crippen molar-refractivity contribution < 1.29 is 17.9 Å². The number of unbranched alkanes of at least 4 members (excludes halogenated alkanes) is 5. The number of benzene rings is 3. The standard InChI is InChI=1S/C35H41F3O/c1-3-5-6-7-8-9-23-39-33-22-21-31(34(37)35(33)38)28-17-15-27(16-18-28)30-20-19-29(24-32(30)36)26-13-11-25(10-4-2)12-14-26/h4,10,15-22,24-26H,3,5-9,11-14,23H2,1-2H3/b10-4+. The quantitative estimate of drug-likeness (QED) is 0.166. The second-order valence-corrected chi connectivity index (χ2v) is 10.8. The minimum absolute atomic E-state index is 0.0566. The van der Waals surface area contributed by atoms with Crippen molar-refractivity contribution in [3.8, 4) is 28.0 Å². The lowest BCUT2D eigenvalue weighted by molar-refractivity contribution is 0.285. The SMILES string of the molecule is C/C=C/C1CCC(c2ccc(-c3ccc(-c4ccc(OCCCCCCCC)c(F)c4F)cc3)c(F)c2)CC1. The zero-order valence-corrected chi connectivity index (χ0v) is 23.3. The molecule has 1 aliphatic rings. The molecule has 0 amide bonds. The summed E-state index contributed by atoms with van der Waals surface area (Å²) in [5.74, 6) is -1.17. The van der Waals surface area contributed by atoms with Gasteiger partial charge >= 0.3 is 0 Å². The third kappa shape index (κ3) is 7.56. The third-order valence-corrected chi connectivity index (χ3v) is 8.01. The van der Waals surface area contributed by atoms with Crippen molar-refractivity contribution in [2.45, 2.75) is 84.0 Å². The maximum Gasteiger partial charge on any atom is 0.201 e. The summed E-state index contributed by atoms with van der Waals surface area (Å²) in [4.78, 5) is 0. The van der Waals surface area contributed by atoms with Crippen molar-refractivity contribution in [3.63, 3.8) is 0 Å². The van der Waals surface area contributed by atoms with Crippen LogP contribution in [0, 0.1) is 23.4 Å². The molecule has 0 aliphatic heterocycles. The van der Waals surface area contributed by atoms with E-state index in [-0.39, 0.29) is 17.1 Å². The molecular formula is C35H41F3O. The summed E-state index contributed by atoms with van der Waals surface area (Å²) >= 11 is 0. The minimum atomic E-state index is -0.969. The Labute approximate surface area is 232 Å². The molecule has 1 nitrogen and oxygen atoms in total. The Hall–Kier alpha value is -3.01. The lowest BCUT2D eigenvalue weighted by atomic mass is 9.78. The molecule has 1 saturated carbocycles. The molecule has 208 valence electrons. The highest BCUT2D eigenvalue weighted by molar-refractivity contribution is 5.71. The summed E-state index contributed by atoms with van der Waals surface area (Å²) in [6.07, 6.45) is 15.4. The van der Waals surface area contributed by atoms with Gasteiger partial charge in [0, 0.05) is 11.1 Å². The predicted octanol–water partition coefficient (Wildman–Crippen LogP) is 11.0. The van der Waals surface area contributed by atoms with Gasteiger partial charge in [-0.1, -0.05) is 87.6 Å². The highest BCUT2D eigenvalue weighted by Gasteiger charge is 2.22. The normalized spacial score (nSPS) is 17.6. The van der Waals surface area contributed by atoms with Gasteiger partial charge < -0.3 is 4.74 Å². The second kappa shape index (κ2) is 14.4. The van der Waals surface area contributed by atoms with Crippen molar-refractivity contribution in [1.82, 2.24) is 0 Å². The second-order valence-electron chi connectivity index (χ2n) is 10.8. The number of hydrogen-bond acceptors (Lipinski definition) is 1. The fourth-order valence-electron chi connectivity index (χ4n) is 5.70. The number of halogens is 3. The van der Waals surface area contributed by atoms with E-state index in [1.165, 1.54) is 25.3 Å². The highest BCUT2D eigenvalue weighted by Crippen LogP contribution is 2.38. The van der Waals surface area contributed by atoms with Gasteiger partial charge in [0.05, 0.1) is 6.61 Å². The largest absolute Gasteiger partial charge is 0.490 e. The monoisotopic (exact) mass is 534 g/mol. The van der Waals surface area contributed by atoms with Crippen LogP contribution in [0.5, 0.6) is 5.75 Å². The predicted molar refractivity (Wildman–Crippen MR) is 156 cm³/mol. The highest BCUT2D eigenvalue weighted by atomic mass is 19.2. The van der Waals surface area contributed by atoms with Gasteiger partial charge in [0.1, 0.15) is 5.82 Å². The maximum atomic E-state index is 15.1. The van der Waals surface area contributed by atoms with Crippen LogP contribution in [0.4, 0.5) is 13.2 Å². The van der Waals surface area contributed by atoms with Crippen LogP contribution in [-0.2, 0) is 0 Å². The Kier molecular flexibility index (Phi) is 10.7. The molecule has 0 N–H and O–H groups in total. The van der Waals surface area contributed by atoms with Crippen molar-refractivity contribution >= 4 is 0 Å². The third-order valence-electron chi connectivity index (χ3n) is 8.01. The lowest BCUT2D eigenvalue weighted by Crippen LogP contribution is -2.12. The smallest absolute Gasteiger partial charge is 0.201 e. The molecule has 3 aromatic carbocycles. The van der Waals surface area contributed by atoms with Crippen LogP contribution in [0.1, 0.15) is 89.5 Å². The fraction of sp³-hybridized carbons (Fsp3) is 0.429. The van der Waals surface area contributed by atoms with Crippen LogP contribution < -0.4 is 4.74 Å². The van der Waals surface area contributed by atoms with Gasteiger partial charge in [0.2, 0.25) is 5.82 Å². The van der Waals surface area contributed by atoms with Crippen molar-refractivity contribution in [2.75, 3.05) is 6.61 Å². The number of hydrogen-bond donors (Lipinski definition) is 0. The van der Waals surface area contributed by atoms with E-state index >= 15 is 4.39 Å². The molecule has 0 radical (unpaired) electrons. The summed E-state index contributed by atoms with van der Waals surface area (Å²) in [6, 6.07) is 15.5. The number of allylic oxidation sites excluding steroid dienone is 2. The zero-order valence-electron chi connectivity index (χ0n) is 23.3. The lowest BCUT2D eigenvalue weighted by Gasteiger charge is -2.27. The van der Waals surface area contributed by atoms with Gasteiger partial charge in [-0.3, -0.25) is 0 Å². The van der Waals surface area contributed by atoms with Crippen LogP contribution in [0.25, 0.3) is 22.3 Å². The molecule has 0 heterocycles. The summed E-state index contributed by atoms with van der Waals surface area (Å²) in [5, 5.41) is 0. The first kappa shape index (κ1) is 29.0. The first-order chi connectivity index (χ1) is 19.0. The van der Waals surface area contributed by atoms with E-state index in [4.69, 9.17) is 4.74 Å². The Balaban J connectivity index is 1.39. The van der Waals surface area contributed by atoms with Crippen LogP contribution in [-0.4, -0.2) is 6.61 Å². The fourth-order valence-corrected chi connectivity index (χ4v) is 5.70. The molecule has 1 fully saturated rings. The van der Waals surface area contributed by atoms with Crippen LogP contribution in [0.3, 0.4) is 0 Å². The van der Waals surface area contributed by atoms with Crippen molar-refractivity contribution in [2.24, 2.45) is 5.92 Å². The van der Waals surface area contributed by atoms with Gasteiger partial charge in [-0.2, -0.15) is 4.39 Å². The van der Waals surface area contributed by atoms with Gasteiger partial charge in [0.25, 0.3) is 0 Å². The molecule has 1 aliphatic carbocycles. The first-order valence-electron chi connectivity index (χ1n) is 14.7. The van der Waals surface area contributed by atoms with Gasteiger partial charge in [-0.25, -0.2) is 8.78 Å². The van der Waals surface area contributed by atoms with Gasteiger partial charge in [0.15, 0.2) is 11.6 Å². The van der Waals surface area contributed by atoms with E-state index in [0.717, 1.165) is 50.5 Å². The van der Waals surface area contributed by atoms with Crippen LogP contribution in [0.2, 0.25) is 0 Å². The maximum absolute atomic E-state index is 15.1. The average molecular weight is 535 g/mol. The van der Waals surface area contributed by atoms with E-state index in [9.17, 15) is 8.78 Å². The van der Waals surface area contributed by atoms with E-state index < -0.39 is 11.6 Å². The van der Waals surface area contributed by atoms with E-state index in [2.05, 4.69) is 26.0 Å². The Morgan fingerprint density at radius 1 is 0.744 bits per heavy atom. The first-order valence-corrected chi connectivity index (χ1v) is 14.7. The number of ether oxygens (including phenoxy) is 1. The van der Waals surface area contributed by atoms with Gasteiger partial charge in [-0.05, 0) is 85.8 Å². The van der Waals surface area contributed by atoms with Crippen LogP contribution in [0.15, 0.2) is 66.7 Å². The summed E-state index contributed by atoms with van der Waals surface area (Å²) in [7, 11) is 0. The molecule has 4 heteroatoms. The van der Waals surface area contributed by atoms with Crippen molar-refractivity contribution in [3.05, 3.63) is 89.8 Å². The number of rotatable bonds is 12.